The van der Waals surface area contributed by atoms with Crippen LogP contribution in [0.3, 0.4) is 0 Å². The molecule has 0 radical (unpaired) electrons. The molecular formula is C8H9N5O4S. The molecule has 2 aromatic heterocycles. The summed E-state index contributed by atoms with van der Waals surface area (Å²) in [4.78, 5) is 24.5. The van der Waals surface area contributed by atoms with Crippen LogP contribution in [0.2, 0.25) is 0 Å². The summed E-state index contributed by atoms with van der Waals surface area (Å²) in [5.41, 5.74) is 0.664. The number of fused-ring (bicyclic) bond motifs is 1. The number of rotatable bonds is 5. The molecule has 2 rings (SSSR count). The summed E-state index contributed by atoms with van der Waals surface area (Å²) in [5.74, 6) is -1.67. The largest absolute Gasteiger partial charge is 0.481 e. The summed E-state index contributed by atoms with van der Waals surface area (Å²) in [6.07, 6.45) is 2.04. The third-order valence-corrected chi connectivity index (χ3v) is 3.31. The first-order valence-electron chi connectivity index (χ1n) is 4.84. The Labute approximate surface area is 101 Å². The second-order valence-electron chi connectivity index (χ2n) is 3.39. The number of aliphatic carboxylic acids is 1. The summed E-state index contributed by atoms with van der Waals surface area (Å²) >= 11 is 0. The Morgan fingerprint density at radius 3 is 2.89 bits per heavy atom. The molecule has 0 spiro atoms. The van der Waals surface area contributed by atoms with Crippen LogP contribution in [0, 0.1) is 0 Å². The van der Waals surface area contributed by atoms with E-state index in [1.165, 1.54) is 6.33 Å². The van der Waals surface area contributed by atoms with Gasteiger partial charge in [0.2, 0.25) is 10.0 Å². The van der Waals surface area contributed by atoms with Gasteiger partial charge in [-0.25, -0.2) is 23.4 Å². The van der Waals surface area contributed by atoms with E-state index in [2.05, 4.69) is 24.7 Å². The SMILES string of the molecule is O=C(O)CCS(=O)(=O)Nc1ncnc2nc[nH]c12. The van der Waals surface area contributed by atoms with Crippen molar-refractivity contribution in [3.63, 3.8) is 0 Å². The molecule has 96 valence electrons. The number of carboxylic acid groups (broad SMARTS) is 1. The van der Waals surface area contributed by atoms with Crippen molar-refractivity contribution in [1.82, 2.24) is 19.9 Å². The van der Waals surface area contributed by atoms with Gasteiger partial charge in [0.1, 0.15) is 11.8 Å². The number of aromatic amines is 1. The number of anilines is 1. The lowest BCUT2D eigenvalue weighted by Gasteiger charge is -2.05. The molecule has 0 saturated carbocycles. The Morgan fingerprint density at radius 2 is 2.17 bits per heavy atom. The second-order valence-corrected chi connectivity index (χ2v) is 5.23. The summed E-state index contributed by atoms with van der Waals surface area (Å²) in [6, 6.07) is 0. The molecule has 3 N–H and O–H groups in total. The molecule has 0 aliphatic heterocycles. The van der Waals surface area contributed by atoms with Gasteiger partial charge in [0.15, 0.2) is 11.5 Å². The number of nitrogens with zero attached hydrogens (tertiary/aromatic N) is 3. The predicted octanol–water partition coefficient (Wildman–Crippen LogP) is -0.431. The van der Waals surface area contributed by atoms with Crippen LogP contribution in [0.4, 0.5) is 5.82 Å². The minimum Gasteiger partial charge on any atom is -0.481 e. The van der Waals surface area contributed by atoms with Gasteiger partial charge in [-0.1, -0.05) is 0 Å². The van der Waals surface area contributed by atoms with Gasteiger partial charge in [0.25, 0.3) is 0 Å². The summed E-state index contributed by atoms with van der Waals surface area (Å²) < 4.78 is 25.4. The molecule has 2 heterocycles. The Hall–Kier alpha value is -2.23. The van der Waals surface area contributed by atoms with Crippen molar-refractivity contribution < 1.29 is 18.3 Å². The molecule has 18 heavy (non-hydrogen) atoms. The molecule has 0 atom stereocenters. The first-order chi connectivity index (χ1) is 8.48. The van der Waals surface area contributed by atoms with Crippen LogP contribution in [-0.2, 0) is 14.8 Å². The van der Waals surface area contributed by atoms with Crippen LogP contribution in [-0.4, -0.2) is 45.2 Å². The van der Waals surface area contributed by atoms with Crippen molar-refractivity contribution in [2.24, 2.45) is 0 Å². The Bertz CT molecular complexity index is 680. The zero-order chi connectivity index (χ0) is 13.2. The number of hydrogen-bond acceptors (Lipinski definition) is 6. The Balaban J connectivity index is 2.23. The fourth-order valence-electron chi connectivity index (χ4n) is 1.26. The van der Waals surface area contributed by atoms with Gasteiger partial charge >= 0.3 is 5.97 Å². The van der Waals surface area contributed by atoms with Gasteiger partial charge < -0.3 is 10.1 Å². The fourth-order valence-corrected chi connectivity index (χ4v) is 2.26. The van der Waals surface area contributed by atoms with E-state index in [9.17, 15) is 13.2 Å². The van der Waals surface area contributed by atoms with Crippen molar-refractivity contribution in [2.45, 2.75) is 6.42 Å². The maximum absolute atomic E-state index is 11.6. The zero-order valence-electron chi connectivity index (χ0n) is 8.99. The lowest BCUT2D eigenvalue weighted by Crippen LogP contribution is -2.19. The fraction of sp³-hybridized carbons (Fsp3) is 0.250. The number of hydrogen-bond donors (Lipinski definition) is 3. The summed E-state index contributed by atoms with van der Waals surface area (Å²) in [7, 11) is -3.77. The third kappa shape index (κ3) is 2.71. The lowest BCUT2D eigenvalue weighted by atomic mass is 10.5. The number of imidazole rings is 1. The Kier molecular flexibility index (Phi) is 3.10. The first kappa shape index (κ1) is 12.2. The quantitative estimate of drug-likeness (QED) is 0.670. The van der Waals surface area contributed by atoms with Crippen molar-refractivity contribution in [1.29, 1.82) is 0 Å². The van der Waals surface area contributed by atoms with E-state index in [4.69, 9.17) is 5.11 Å². The van der Waals surface area contributed by atoms with Crippen molar-refractivity contribution >= 4 is 33.0 Å². The van der Waals surface area contributed by atoms with Crippen LogP contribution >= 0.6 is 0 Å². The number of aromatic nitrogens is 4. The first-order valence-corrected chi connectivity index (χ1v) is 6.49. The summed E-state index contributed by atoms with van der Waals surface area (Å²) in [6.45, 7) is 0. The van der Waals surface area contributed by atoms with E-state index in [0.29, 0.717) is 11.2 Å². The average Bonchev–Trinajstić information content (AvgIpc) is 2.75. The molecule has 0 aromatic carbocycles. The van der Waals surface area contributed by atoms with E-state index in [1.54, 1.807) is 0 Å². The normalized spacial score (nSPS) is 11.6. The van der Waals surface area contributed by atoms with E-state index >= 15 is 0 Å². The topological polar surface area (TPSA) is 138 Å². The molecular weight excluding hydrogens is 262 g/mol. The highest BCUT2D eigenvalue weighted by molar-refractivity contribution is 7.92. The lowest BCUT2D eigenvalue weighted by molar-refractivity contribution is -0.136. The molecule has 0 saturated heterocycles. The number of nitrogens with one attached hydrogen (secondary N) is 2. The Morgan fingerprint density at radius 1 is 1.39 bits per heavy atom. The highest BCUT2D eigenvalue weighted by Gasteiger charge is 2.16. The van der Waals surface area contributed by atoms with Crippen molar-refractivity contribution in [3.8, 4) is 0 Å². The average molecular weight is 271 g/mol. The minimum atomic E-state index is -3.77. The number of H-pyrrole nitrogens is 1. The van der Waals surface area contributed by atoms with E-state index < -0.39 is 28.2 Å². The van der Waals surface area contributed by atoms with Gasteiger partial charge in [-0.2, -0.15) is 0 Å². The number of carbonyl (C=O) groups is 1. The highest BCUT2D eigenvalue weighted by Crippen LogP contribution is 2.15. The maximum Gasteiger partial charge on any atom is 0.304 e. The van der Waals surface area contributed by atoms with Crippen LogP contribution in [0.1, 0.15) is 6.42 Å². The molecule has 0 aliphatic carbocycles. The maximum atomic E-state index is 11.6. The van der Waals surface area contributed by atoms with Crippen LogP contribution in [0.25, 0.3) is 11.2 Å². The van der Waals surface area contributed by atoms with Gasteiger partial charge in [0.05, 0.1) is 18.5 Å². The number of carboxylic acids is 1. The van der Waals surface area contributed by atoms with Crippen molar-refractivity contribution in [3.05, 3.63) is 12.7 Å². The molecule has 10 heteroatoms. The van der Waals surface area contributed by atoms with Crippen LogP contribution in [0.15, 0.2) is 12.7 Å². The zero-order valence-corrected chi connectivity index (χ0v) is 9.81. The van der Waals surface area contributed by atoms with Gasteiger partial charge in [-0.15, -0.1) is 0 Å². The smallest absolute Gasteiger partial charge is 0.304 e. The molecule has 0 bridgehead atoms. The standard InChI is InChI=1S/C8H9N5O4S/c14-5(15)1-2-18(16,17)13-8-6-7(10-3-9-6)11-4-12-8/h3-4H,1-2H2,(H,14,15)(H2,9,10,11,12,13). The van der Waals surface area contributed by atoms with Crippen molar-refractivity contribution in [2.75, 3.05) is 10.5 Å². The second kappa shape index (κ2) is 4.56. The van der Waals surface area contributed by atoms with E-state index in [0.717, 1.165) is 6.33 Å². The highest BCUT2D eigenvalue weighted by atomic mass is 32.2. The van der Waals surface area contributed by atoms with Gasteiger partial charge in [-0.05, 0) is 0 Å². The molecule has 0 fully saturated rings. The summed E-state index contributed by atoms with van der Waals surface area (Å²) in [5, 5.41) is 8.45. The molecule has 0 unspecified atom stereocenters. The third-order valence-electron chi connectivity index (χ3n) is 2.06. The molecule has 0 amide bonds. The monoisotopic (exact) mass is 271 g/mol. The molecule has 9 nitrogen and oxygen atoms in total. The van der Waals surface area contributed by atoms with Gasteiger partial charge in [-0.3, -0.25) is 9.52 Å². The molecule has 2 aromatic rings. The number of sulfonamides is 1. The van der Waals surface area contributed by atoms with Crippen LogP contribution < -0.4 is 4.72 Å². The van der Waals surface area contributed by atoms with Crippen LogP contribution in [0.5, 0.6) is 0 Å². The van der Waals surface area contributed by atoms with Gasteiger partial charge in [0, 0.05) is 0 Å². The minimum absolute atomic E-state index is 0.0443. The molecule has 0 aliphatic rings. The van der Waals surface area contributed by atoms with E-state index in [1.807, 2.05) is 0 Å². The predicted molar refractivity (Wildman–Crippen MR) is 61.3 cm³/mol. The van der Waals surface area contributed by atoms with E-state index in [-0.39, 0.29) is 5.82 Å².